The minimum absolute atomic E-state index is 0.196. The van der Waals surface area contributed by atoms with Crippen LogP contribution in [0.3, 0.4) is 0 Å². The number of rotatable bonds is 7. The third-order valence-electron chi connectivity index (χ3n) is 6.71. The Hall–Kier alpha value is -4.91. The fourth-order valence-corrected chi connectivity index (χ4v) is 4.61. The van der Waals surface area contributed by atoms with Crippen molar-refractivity contribution >= 4 is 34.7 Å². The Kier molecular flexibility index (Phi) is 6.91. The zero-order chi connectivity index (χ0) is 26.6. The fourth-order valence-electron chi connectivity index (χ4n) is 4.61. The topological polar surface area (TPSA) is 102 Å². The van der Waals surface area contributed by atoms with E-state index in [-0.39, 0.29) is 24.0 Å². The van der Waals surface area contributed by atoms with Gasteiger partial charge in [0.25, 0.3) is 5.91 Å². The van der Waals surface area contributed by atoms with E-state index in [4.69, 9.17) is 10.5 Å². The van der Waals surface area contributed by atoms with Gasteiger partial charge in [-0.15, -0.1) is 0 Å². The van der Waals surface area contributed by atoms with E-state index in [0.717, 1.165) is 16.9 Å². The van der Waals surface area contributed by atoms with Crippen LogP contribution in [0, 0.1) is 5.92 Å². The number of nitrogens with zero attached hydrogens (tertiary/aromatic N) is 1. The zero-order valence-electron chi connectivity index (χ0n) is 20.9. The summed E-state index contributed by atoms with van der Waals surface area (Å²) in [7, 11) is 1.60. The number of amides is 2. The number of anilines is 3. The average molecular weight is 506 g/mol. The number of nitrogens with two attached hydrogens (primary N) is 1. The molecule has 1 atom stereocenters. The Balaban J connectivity index is 1.35. The number of ketones is 1. The van der Waals surface area contributed by atoms with Gasteiger partial charge in [0.05, 0.1) is 30.7 Å². The predicted molar refractivity (Wildman–Crippen MR) is 147 cm³/mol. The lowest BCUT2D eigenvalue weighted by Gasteiger charge is -2.33. The number of carbonyl (C=O) groups is 3. The maximum absolute atomic E-state index is 13.6. The molecule has 3 N–H and O–H groups in total. The van der Waals surface area contributed by atoms with Crippen molar-refractivity contribution in [1.82, 2.24) is 0 Å². The molecule has 190 valence electrons. The van der Waals surface area contributed by atoms with E-state index >= 15 is 0 Å². The monoisotopic (exact) mass is 505 g/mol. The molecule has 1 heterocycles. The van der Waals surface area contributed by atoms with Crippen LogP contribution < -0.4 is 20.7 Å². The molecule has 7 nitrogen and oxygen atoms in total. The number of Topliss-reactive ketones (excluding diaryl/α,β-unsaturated/α-hetero) is 1. The Bertz CT molecular complexity index is 1500. The number of nitrogens with one attached hydrogen (secondary N) is 1. The first-order valence-corrected chi connectivity index (χ1v) is 12.3. The first-order valence-electron chi connectivity index (χ1n) is 12.3. The number of methoxy groups -OCH3 is 1. The normalized spacial score (nSPS) is 14.7. The molecule has 0 aliphatic carbocycles. The molecule has 5 rings (SSSR count). The van der Waals surface area contributed by atoms with Gasteiger partial charge in [-0.3, -0.25) is 14.4 Å². The van der Waals surface area contributed by atoms with Crippen LogP contribution in [-0.4, -0.2) is 24.7 Å². The van der Waals surface area contributed by atoms with Gasteiger partial charge in [0, 0.05) is 11.1 Å². The van der Waals surface area contributed by atoms with Gasteiger partial charge in [0.1, 0.15) is 11.7 Å². The van der Waals surface area contributed by atoms with Crippen LogP contribution in [-0.2, 0) is 17.8 Å². The van der Waals surface area contributed by atoms with Crippen LogP contribution in [0.25, 0.3) is 0 Å². The number of nitrogen functional groups attached to an aromatic ring is 1. The minimum Gasteiger partial charge on any atom is -0.497 e. The van der Waals surface area contributed by atoms with E-state index < -0.39 is 5.92 Å². The van der Waals surface area contributed by atoms with Crippen LogP contribution >= 0.6 is 0 Å². The third-order valence-corrected chi connectivity index (χ3v) is 6.71. The number of carbonyl (C=O) groups excluding carboxylic acids is 3. The van der Waals surface area contributed by atoms with Gasteiger partial charge < -0.3 is 20.7 Å². The van der Waals surface area contributed by atoms with E-state index in [2.05, 4.69) is 5.32 Å². The van der Waals surface area contributed by atoms with Crippen molar-refractivity contribution in [3.8, 4) is 5.75 Å². The van der Waals surface area contributed by atoms with E-state index in [1.54, 1.807) is 72.7 Å². The Morgan fingerprint density at radius 2 is 1.53 bits per heavy atom. The van der Waals surface area contributed by atoms with Crippen molar-refractivity contribution in [1.29, 1.82) is 0 Å². The second kappa shape index (κ2) is 10.6. The van der Waals surface area contributed by atoms with E-state index in [1.807, 2.05) is 36.4 Å². The van der Waals surface area contributed by atoms with Gasteiger partial charge in [-0.25, -0.2) is 0 Å². The molecule has 4 aromatic rings. The summed E-state index contributed by atoms with van der Waals surface area (Å²) in [5.41, 5.74) is 10.2. The minimum atomic E-state index is -0.855. The number of hydrogen-bond donors (Lipinski definition) is 2. The van der Waals surface area contributed by atoms with Crippen molar-refractivity contribution in [2.45, 2.75) is 13.0 Å². The molecule has 1 aliphatic rings. The number of benzene rings is 4. The maximum Gasteiger partial charge on any atom is 0.255 e. The molecule has 0 saturated carbocycles. The molecule has 2 amide bonds. The highest BCUT2D eigenvalue weighted by atomic mass is 16.5. The lowest BCUT2D eigenvalue weighted by Crippen LogP contribution is -2.45. The van der Waals surface area contributed by atoms with Gasteiger partial charge in [0.2, 0.25) is 5.91 Å². The number of ether oxygens (including phenoxy) is 1. The molecule has 1 aliphatic heterocycles. The number of para-hydroxylation sites is 3. The van der Waals surface area contributed by atoms with E-state index in [1.165, 1.54) is 0 Å². The summed E-state index contributed by atoms with van der Waals surface area (Å²) in [5, 5.41) is 2.80. The molecule has 0 saturated heterocycles. The highest BCUT2D eigenvalue weighted by molar-refractivity contribution is 6.21. The molecule has 0 bridgehead atoms. The van der Waals surface area contributed by atoms with Crippen molar-refractivity contribution in [3.05, 3.63) is 119 Å². The summed E-state index contributed by atoms with van der Waals surface area (Å²) in [6.45, 7) is 0.339. The van der Waals surface area contributed by atoms with Crippen LogP contribution in [0.2, 0.25) is 0 Å². The molecule has 7 heteroatoms. The summed E-state index contributed by atoms with van der Waals surface area (Å²) in [5.74, 6) is -0.855. The van der Waals surface area contributed by atoms with Crippen molar-refractivity contribution in [2.75, 3.05) is 23.1 Å². The average Bonchev–Trinajstić information content (AvgIpc) is 2.95. The summed E-state index contributed by atoms with van der Waals surface area (Å²) < 4.78 is 5.24. The van der Waals surface area contributed by atoms with Crippen LogP contribution in [0.1, 0.15) is 31.8 Å². The lowest BCUT2D eigenvalue weighted by molar-refractivity contribution is -0.121. The summed E-state index contributed by atoms with van der Waals surface area (Å²) in [6, 6.07) is 28.7. The highest BCUT2D eigenvalue weighted by Crippen LogP contribution is 2.33. The standard InChI is InChI=1S/C31H27N3O4/c1-38-23-16-12-21(13-17-23)19-34-28-9-5-2-6-24(28)29(35)25(31(34)37)18-20-10-14-22(15-11-20)30(36)33-27-8-4-3-7-26(27)32/h2-17,25H,18-19,32H2,1H3,(H,33,36). The molecule has 1 unspecified atom stereocenters. The van der Waals surface area contributed by atoms with Gasteiger partial charge in [-0.1, -0.05) is 48.5 Å². The lowest BCUT2D eigenvalue weighted by atomic mass is 9.85. The highest BCUT2D eigenvalue weighted by Gasteiger charge is 2.39. The van der Waals surface area contributed by atoms with Gasteiger partial charge in [0.15, 0.2) is 5.78 Å². The number of fused-ring (bicyclic) bond motifs is 1. The molecule has 0 spiro atoms. The quantitative estimate of drug-likeness (QED) is 0.268. The zero-order valence-corrected chi connectivity index (χ0v) is 20.9. The van der Waals surface area contributed by atoms with Crippen LogP contribution in [0.15, 0.2) is 97.1 Å². The van der Waals surface area contributed by atoms with Crippen molar-refractivity contribution < 1.29 is 19.1 Å². The summed E-state index contributed by atoms with van der Waals surface area (Å²) in [4.78, 5) is 41.4. The van der Waals surface area contributed by atoms with Crippen LogP contribution in [0.4, 0.5) is 17.1 Å². The number of hydrogen-bond acceptors (Lipinski definition) is 5. The molecule has 4 aromatic carbocycles. The summed E-state index contributed by atoms with van der Waals surface area (Å²) in [6.07, 6.45) is 0.235. The second-order valence-corrected chi connectivity index (χ2v) is 9.15. The smallest absolute Gasteiger partial charge is 0.255 e. The second-order valence-electron chi connectivity index (χ2n) is 9.15. The van der Waals surface area contributed by atoms with Gasteiger partial charge in [-0.2, -0.15) is 0 Å². The molecule has 0 aromatic heterocycles. The van der Waals surface area contributed by atoms with Gasteiger partial charge >= 0.3 is 0 Å². The first-order chi connectivity index (χ1) is 18.4. The molecule has 0 fully saturated rings. The third kappa shape index (κ3) is 4.99. The Labute approximate surface area is 220 Å². The van der Waals surface area contributed by atoms with Crippen molar-refractivity contribution in [3.63, 3.8) is 0 Å². The van der Waals surface area contributed by atoms with Gasteiger partial charge in [-0.05, 0) is 66.1 Å². The predicted octanol–water partition coefficient (Wildman–Crippen LogP) is 5.12. The first kappa shape index (κ1) is 24.8. The Morgan fingerprint density at radius 1 is 0.868 bits per heavy atom. The molecule has 0 radical (unpaired) electrons. The van der Waals surface area contributed by atoms with E-state index in [9.17, 15) is 14.4 Å². The SMILES string of the molecule is COc1ccc(CN2C(=O)C(Cc3ccc(C(=O)Nc4ccccc4N)cc3)C(=O)c3ccccc32)cc1. The molecular formula is C31H27N3O4. The maximum atomic E-state index is 13.6. The summed E-state index contributed by atoms with van der Waals surface area (Å²) >= 11 is 0. The molecular weight excluding hydrogens is 478 g/mol. The molecule has 38 heavy (non-hydrogen) atoms. The fraction of sp³-hybridized carbons (Fsp3) is 0.129. The van der Waals surface area contributed by atoms with Crippen molar-refractivity contribution in [2.24, 2.45) is 5.92 Å². The van der Waals surface area contributed by atoms with E-state index in [0.29, 0.717) is 34.7 Å². The Morgan fingerprint density at radius 3 is 2.24 bits per heavy atom. The van der Waals surface area contributed by atoms with Crippen LogP contribution in [0.5, 0.6) is 5.75 Å². The largest absolute Gasteiger partial charge is 0.497 e.